The van der Waals surface area contributed by atoms with Crippen LogP contribution in [0, 0.1) is 17.7 Å². The van der Waals surface area contributed by atoms with Crippen LogP contribution >= 0.6 is 11.6 Å². The topological polar surface area (TPSA) is 136 Å². The average molecular weight is 483 g/mol. The zero-order valence-corrected chi connectivity index (χ0v) is 19.0. The molecule has 0 amide bonds. The summed E-state index contributed by atoms with van der Waals surface area (Å²) >= 11 is 6.09. The summed E-state index contributed by atoms with van der Waals surface area (Å²) in [6, 6.07) is 7.28. The Balaban J connectivity index is 1.31. The molecule has 10 heteroatoms. The number of aromatic nitrogens is 4. The minimum absolute atomic E-state index is 0.0531. The predicted molar refractivity (Wildman–Crippen MR) is 128 cm³/mol. The summed E-state index contributed by atoms with van der Waals surface area (Å²) in [5.41, 5.74) is 12.6. The molecule has 0 aliphatic heterocycles. The van der Waals surface area contributed by atoms with Gasteiger partial charge in [-0.1, -0.05) is 23.7 Å². The molecule has 3 aromatic heterocycles. The summed E-state index contributed by atoms with van der Waals surface area (Å²) in [6.07, 6.45) is 4.03. The minimum atomic E-state index is -1.24. The van der Waals surface area contributed by atoms with Crippen LogP contribution in [0.4, 0.5) is 16.0 Å². The summed E-state index contributed by atoms with van der Waals surface area (Å²) in [7, 11) is 0. The Hall–Kier alpha value is -3.01. The highest BCUT2D eigenvalue weighted by molar-refractivity contribution is 6.33. The third-order valence-corrected chi connectivity index (χ3v) is 8.11. The Labute approximate surface area is 199 Å². The van der Waals surface area contributed by atoms with Gasteiger partial charge in [0.2, 0.25) is 0 Å². The molecule has 3 heterocycles. The third-order valence-electron chi connectivity index (χ3n) is 7.81. The largest absolute Gasteiger partial charge is 0.388 e. The number of benzene rings is 1. The lowest BCUT2D eigenvalue weighted by atomic mass is 9.84. The Kier molecular flexibility index (Phi) is 4.74. The van der Waals surface area contributed by atoms with Crippen molar-refractivity contribution in [2.45, 2.75) is 43.4 Å². The van der Waals surface area contributed by atoms with Gasteiger partial charge in [0, 0.05) is 11.6 Å². The molecular weight excluding hydrogens is 459 g/mol. The predicted octanol–water partition coefficient (Wildman–Crippen LogP) is 3.24. The molecule has 176 valence electrons. The Morgan fingerprint density at radius 2 is 2.03 bits per heavy atom. The van der Waals surface area contributed by atoms with E-state index in [0.717, 1.165) is 29.3 Å². The number of halogens is 2. The molecule has 4 aromatic rings. The van der Waals surface area contributed by atoms with Crippen LogP contribution in [-0.4, -0.2) is 41.4 Å². The fourth-order valence-electron chi connectivity index (χ4n) is 6.15. The van der Waals surface area contributed by atoms with Crippen molar-refractivity contribution < 1.29 is 14.6 Å². The van der Waals surface area contributed by atoms with Crippen molar-refractivity contribution in [2.24, 2.45) is 11.8 Å². The number of pyridine rings is 1. The third kappa shape index (κ3) is 3.07. The normalized spacial score (nSPS) is 28.7. The summed E-state index contributed by atoms with van der Waals surface area (Å²) in [5, 5.41) is 24.1. The quantitative estimate of drug-likeness (QED) is 0.352. The van der Waals surface area contributed by atoms with Crippen molar-refractivity contribution in [3.63, 3.8) is 0 Å². The molecule has 0 unspecified atom stereocenters. The van der Waals surface area contributed by atoms with Crippen molar-refractivity contribution >= 4 is 45.2 Å². The van der Waals surface area contributed by atoms with Gasteiger partial charge in [0.25, 0.3) is 0 Å². The molecular formula is C24H24ClFN6O2. The van der Waals surface area contributed by atoms with E-state index >= 15 is 0 Å². The SMILES string of the molecule is Nc1nc2cc(C[C@@H]3CC[C@@]4(O)[C@@H]3C[C@@H](n3cc(F)c5c(N)ncnc53)[C@@H]4O)ccc2cc1Cl. The zero-order valence-electron chi connectivity index (χ0n) is 18.2. The summed E-state index contributed by atoms with van der Waals surface area (Å²) in [4.78, 5) is 12.5. The minimum Gasteiger partial charge on any atom is -0.388 e. The van der Waals surface area contributed by atoms with Crippen LogP contribution in [-0.2, 0) is 6.42 Å². The van der Waals surface area contributed by atoms with Crippen LogP contribution in [0.1, 0.15) is 30.9 Å². The van der Waals surface area contributed by atoms with Crippen molar-refractivity contribution in [1.29, 1.82) is 0 Å². The first kappa shape index (κ1) is 21.5. The number of nitrogens with two attached hydrogens (primary N) is 2. The van der Waals surface area contributed by atoms with Gasteiger partial charge in [-0.2, -0.15) is 0 Å². The summed E-state index contributed by atoms with van der Waals surface area (Å²) < 4.78 is 16.2. The second-order valence-electron chi connectivity index (χ2n) is 9.57. The van der Waals surface area contributed by atoms with Gasteiger partial charge >= 0.3 is 0 Å². The lowest BCUT2D eigenvalue weighted by Crippen LogP contribution is -2.42. The van der Waals surface area contributed by atoms with E-state index in [4.69, 9.17) is 23.1 Å². The van der Waals surface area contributed by atoms with E-state index in [-0.39, 0.29) is 23.0 Å². The first-order valence-corrected chi connectivity index (χ1v) is 11.7. The standard InChI is InChI=1S/C24H24ClFN6O2/c25-15-7-13-2-1-11(6-17(13)31-21(15)27)5-12-3-4-24(34)14(12)8-18(20(24)33)32-9-16(26)19-22(28)29-10-30-23(19)32/h1-2,6-7,9-10,12,14,18,20,33-34H,3-5,8H2,(H2,27,31)(H2,28,29,30)/t12-,14+,18+,20-,24+/m0/s1. The number of aliphatic hydroxyl groups is 2. The van der Waals surface area contributed by atoms with Crippen LogP contribution in [0.2, 0.25) is 5.02 Å². The highest BCUT2D eigenvalue weighted by Crippen LogP contribution is 2.55. The van der Waals surface area contributed by atoms with Crippen LogP contribution in [0.25, 0.3) is 21.9 Å². The lowest BCUT2D eigenvalue weighted by molar-refractivity contribution is -0.0800. The Bertz CT molecular complexity index is 1440. The maximum Gasteiger partial charge on any atom is 0.154 e. The molecule has 2 aliphatic rings. The molecule has 2 saturated carbocycles. The number of fused-ring (bicyclic) bond motifs is 3. The number of anilines is 2. The number of rotatable bonds is 3. The van der Waals surface area contributed by atoms with Crippen molar-refractivity contribution in [3.05, 3.63) is 53.2 Å². The molecule has 6 N–H and O–H groups in total. The van der Waals surface area contributed by atoms with Crippen LogP contribution < -0.4 is 11.5 Å². The maximum atomic E-state index is 14.6. The van der Waals surface area contributed by atoms with E-state index in [9.17, 15) is 14.6 Å². The zero-order chi connectivity index (χ0) is 23.8. The number of nitrogen functional groups attached to an aromatic ring is 2. The molecule has 2 aliphatic carbocycles. The molecule has 0 radical (unpaired) electrons. The fourth-order valence-corrected chi connectivity index (χ4v) is 6.31. The molecule has 0 bridgehead atoms. The van der Waals surface area contributed by atoms with Crippen molar-refractivity contribution in [2.75, 3.05) is 11.5 Å². The van der Waals surface area contributed by atoms with Gasteiger partial charge < -0.3 is 26.2 Å². The monoisotopic (exact) mass is 482 g/mol. The van der Waals surface area contributed by atoms with Crippen molar-refractivity contribution in [1.82, 2.24) is 19.5 Å². The van der Waals surface area contributed by atoms with E-state index in [1.54, 1.807) is 10.6 Å². The van der Waals surface area contributed by atoms with Gasteiger partial charge in [0.1, 0.15) is 29.7 Å². The average Bonchev–Trinajstić information content (AvgIpc) is 3.39. The second kappa shape index (κ2) is 7.49. The van der Waals surface area contributed by atoms with Gasteiger partial charge in [-0.05, 0) is 55.2 Å². The van der Waals surface area contributed by atoms with Gasteiger partial charge in [0.15, 0.2) is 5.82 Å². The highest BCUT2D eigenvalue weighted by atomic mass is 35.5. The fraction of sp³-hybridized carbons (Fsp3) is 0.375. The van der Waals surface area contributed by atoms with E-state index < -0.39 is 23.6 Å². The molecule has 6 rings (SSSR count). The van der Waals surface area contributed by atoms with Crippen LogP contribution in [0.3, 0.4) is 0 Å². The molecule has 1 aromatic carbocycles. The second-order valence-corrected chi connectivity index (χ2v) is 9.98. The molecule has 8 nitrogen and oxygen atoms in total. The van der Waals surface area contributed by atoms with Gasteiger partial charge in [0.05, 0.1) is 27.6 Å². The van der Waals surface area contributed by atoms with E-state index in [1.807, 2.05) is 18.2 Å². The molecule has 0 spiro atoms. The number of hydrogen-bond donors (Lipinski definition) is 4. The summed E-state index contributed by atoms with van der Waals surface area (Å²) in [6.45, 7) is 0. The Morgan fingerprint density at radius 1 is 1.21 bits per heavy atom. The molecule has 34 heavy (non-hydrogen) atoms. The van der Waals surface area contributed by atoms with E-state index in [0.29, 0.717) is 29.3 Å². The first-order chi connectivity index (χ1) is 16.3. The summed E-state index contributed by atoms with van der Waals surface area (Å²) in [5.74, 6) is -0.190. The molecule has 2 fully saturated rings. The van der Waals surface area contributed by atoms with Crippen LogP contribution in [0.5, 0.6) is 0 Å². The lowest BCUT2D eigenvalue weighted by Gasteiger charge is -2.29. The highest BCUT2D eigenvalue weighted by Gasteiger charge is 2.59. The Morgan fingerprint density at radius 3 is 2.85 bits per heavy atom. The van der Waals surface area contributed by atoms with Gasteiger partial charge in [-0.15, -0.1) is 0 Å². The molecule has 0 saturated heterocycles. The van der Waals surface area contributed by atoms with Crippen molar-refractivity contribution in [3.8, 4) is 0 Å². The van der Waals surface area contributed by atoms with E-state index in [2.05, 4.69) is 15.0 Å². The first-order valence-electron chi connectivity index (χ1n) is 11.3. The van der Waals surface area contributed by atoms with Gasteiger partial charge in [-0.3, -0.25) is 0 Å². The smallest absolute Gasteiger partial charge is 0.154 e. The van der Waals surface area contributed by atoms with E-state index in [1.165, 1.54) is 12.5 Å². The number of aliphatic hydroxyl groups excluding tert-OH is 1. The number of nitrogens with zero attached hydrogens (tertiary/aromatic N) is 4. The van der Waals surface area contributed by atoms with Gasteiger partial charge in [-0.25, -0.2) is 19.3 Å². The maximum absolute atomic E-state index is 14.6. The van der Waals surface area contributed by atoms with Crippen LogP contribution in [0.15, 0.2) is 36.8 Å². The molecule has 5 atom stereocenters. The number of hydrogen-bond acceptors (Lipinski definition) is 7.